The zero-order valence-corrected chi connectivity index (χ0v) is 9.56. The van der Waals surface area contributed by atoms with E-state index in [0.717, 1.165) is 12.8 Å². The van der Waals surface area contributed by atoms with Gasteiger partial charge in [0.05, 0.1) is 11.8 Å². The molecule has 88 valence electrons. The third-order valence-electron chi connectivity index (χ3n) is 2.47. The van der Waals surface area contributed by atoms with Crippen LogP contribution < -0.4 is 10.5 Å². The van der Waals surface area contributed by atoms with Gasteiger partial charge in [-0.25, -0.2) is 4.79 Å². The number of ether oxygens (including phenoxy) is 1. The molecule has 0 bridgehead atoms. The highest BCUT2D eigenvalue weighted by Crippen LogP contribution is 2.28. The van der Waals surface area contributed by atoms with Crippen LogP contribution in [-0.4, -0.2) is 17.2 Å². The number of carboxylic acid groups (broad SMARTS) is 1. The molecule has 1 aromatic carbocycles. The molecule has 0 radical (unpaired) electrons. The number of para-hydroxylation sites is 1. The smallest absolute Gasteiger partial charge is 0.339 e. The molecule has 0 atom stereocenters. The van der Waals surface area contributed by atoms with Crippen LogP contribution in [0.25, 0.3) is 0 Å². The molecule has 16 heavy (non-hydrogen) atoms. The molecule has 0 aliphatic carbocycles. The van der Waals surface area contributed by atoms with Crippen LogP contribution in [0.5, 0.6) is 5.75 Å². The monoisotopic (exact) mass is 223 g/mol. The molecule has 1 aromatic rings. The molecular weight excluding hydrogens is 206 g/mol. The summed E-state index contributed by atoms with van der Waals surface area (Å²) in [4.78, 5) is 11.0. The summed E-state index contributed by atoms with van der Waals surface area (Å²) in [6.45, 7) is 3.99. The summed E-state index contributed by atoms with van der Waals surface area (Å²) in [5.74, 6) is -0.739. The van der Waals surface area contributed by atoms with Crippen molar-refractivity contribution < 1.29 is 14.6 Å². The molecule has 0 saturated heterocycles. The van der Waals surface area contributed by atoms with E-state index in [1.165, 1.54) is 6.07 Å². The van der Waals surface area contributed by atoms with Crippen LogP contribution in [0.1, 0.15) is 37.0 Å². The lowest BCUT2D eigenvalue weighted by Crippen LogP contribution is -2.17. The average molecular weight is 223 g/mol. The summed E-state index contributed by atoms with van der Waals surface area (Å²) >= 11 is 0. The lowest BCUT2D eigenvalue weighted by Gasteiger charge is -2.18. The first-order valence-corrected chi connectivity index (χ1v) is 5.38. The SMILES string of the molecule is CCC(CC)Oc1c(N)cccc1C(=O)O. The maximum absolute atomic E-state index is 11.0. The summed E-state index contributed by atoms with van der Waals surface area (Å²) in [7, 11) is 0. The van der Waals surface area contributed by atoms with Crippen molar-refractivity contribution >= 4 is 11.7 Å². The Bertz CT molecular complexity index is 373. The summed E-state index contributed by atoms with van der Waals surface area (Å²) in [5, 5.41) is 9.01. The molecule has 0 fully saturated rings. The minimum atomic E-state index is -1.02. The summed E-state index contributed by atoms with van der Waals surface area (Å²) in [6.07, 6.45) is 1.65. The van der Waals surface area contributed by atoms with E-state index in [1.807, 2.05) is 13.8 Å². The van der Waals surface area contributed by atoms with E-state index in [-0.39, 0.29) is 17.4 Å². The van der Waals surface area contributed by atoms with Crippen molar-refractivity contribution in [2.24, 2.45) is 0 Å². The molecule has 0 spiro atoms. The number of benzene rings is 1. The topological polar surface area (TPSA) is 72.5 Å². The van der Waals surface area contributed by atoms with Crippen molar-refractivity contribution in [3.8, 4) is 5.75 Å². The molecular formula is C12H17NO3. The molecule has 0 unspecified atom stereocenters. The van der Waals surface area contributed by atoms with Gasteiger partial charge >= 0.3 is 5.97 Å². The molecule has 0 saturated carbocycles. The molecule has 0 aromatic heterocycles. The number of hydrogen-bond donors (Lipinski definition) is 2. The lowest BCUT2D eigenvalue weighted by atomic mass is 10.1. The normalized spacial score (nSPS) is 10.4. The van der Waals surface area contributed by atoms with Gasteiger partial charge in [0.15, 0.2) is 5.75 Å². The van der Waals surface area contributed by atoms with Gasteiger partial charge < -0.3 is 15.6 Å². The first-order valence-electron chi connectivity index (χ1n) is 5.38. The maximum Gasteiger partial charge on any atom is 0.339 e. The van der Waals surface area contributed by atoms with Crippen molar-refractivity contribution in [1.29, 1.82) is 0 Å². The summed E-state index contributed by atoms with van der Waals surface area (Å²) < 4.78 is 5.63. The standard InChI is InChI=1S/C12H17NO3/c1-3-8(4-2)16-11-9(12(14)15)6-5-7-10(11)13/h5-8H,3-4,13H2,1-2H3,(H,14,15). The zero-order valence-electron chi connectivity index (χ0n) is 9.56. The second kappa shape index (κ2) is 5.39. The Morgan fingerprint density at radius 1 is 1.44 bits per heavy atom. The number of carboxylic acids is 1. The van der Waals surface area contributed by atoms with Crippen molar-refractivity contribution in [3.05, 3.63) is 23.8 Å². The molecule has 1 rings (SSSR count). The highest BCUT2D eigenvalue weighted by Gasteiger charge is 2.16. The third kappa shape index (κ3) is 2.66. The Morgan fingerprint density at radius 3 is 2.56 bits per heavy atom. The minimum absolute atomic E-state index is 0.00259. The first kappa shape index (κ1) is 12.4. The summed E-state index contributed by atoms with van der Waals surface area (Å²) in [6, 6.07) is 4.75. The fourth-order valence-electron chi connectivity index (χ4n) is 1.48. The van der Waals surface area contributed by atoms with Gasteiger partial charge in [0.1, 0.15) is 5.56 Å². The van der Waals surface area contributed by atoms with E-state index >= 15 is 0 Å². The molecule has 0 aliphatic rings. The van der Waals surface area contributed by atoms with Gasteiger partial charge in [0.25, 0.3) is 0 Å². The molecule has 0 heterocycles. The fraction of sp³-hybridized carbons (Fsp3) is 0.417. The quantitative estimate of drug-likeness (QED) is 0.752. The average Bonchev–Trinajstić information content (AvgIpc) is 2.27. The third-order valence-corrected chi connectivity index (χ3v) is 2.47. The Morgan fingerprint density at radius 2 is 2.06 bits per heavy atom. The van der Waals surface area contributed by atoms with Crippen LogP contribution in [0.4, 0.5) is 5.69 Å². The second-order valence-electron chi connectivity index (χ2n) is 3.59. The van der Waals surface area contributed by atoms with Crippen molar-refractivity contribution in [2.75, 3.05) is 5.73 Å². The zero-order chi connectivity index (χ0) is 12.1. The molecule has 4 nitrogen and oxygen atoms in total. The molecule has 4 heteroatoms. The number of nitrogen functional groups attached to an aromatic ring is 1. The predicted molar refractivity (Wildman–Crippen MR) is 62.8 cm³/mol. The number of anilines is 1. The van der Waals surface area contributed by atoms with Crippen molar-refractivity contribution in [1.82, 2.24) is 0 Å². The van der Waals surface area contributed by atoms with Gasteiger partial charge in [-0.15, -0.1) is 0 Å². The molecule has 0 aliphatic heterocycles. The van der Waals surface area contributed by atoms with E-state index in [9.17, 15) is 4.79 Å². The van der Waals surface area contributed by atoms with Crippen molar-refractivity contribution in [3.63, 3.8) is 0 Å². The van der Waals surface area contributed by atoms with Gasteiger partial charge in [0.2, 0.25) is 0 Å². The lowest BCUT2D eigenvalue weighted by molar-refractivity contribution is 0.0688. The Balaban J connectivity index is 3.05. The van der Waals surface area contributed by atoms with Crippen LogP contribution in [0.3, 0.4) is 0 Å². The van der Waals surface area contributed by atoms with Crippen LogP contribution in [-0.2, 0) is 0 Å². The maximum atomic E-state index is 11.0. The highest BCUT2D eigenvalue weighted by molar-refractivity contribution is 5.93. The van der Waals surface area contributed by atoms with E-state index < -0.39 is 5.97 Å². The summed E-state index contributed by atoms with van der Waals surface area (Å²) in [5.41, 5.74) is 6.21. The predicted octanol–water partition coefficient (Wildman–Crippen LogP) is 2.53. The fourth-order valence-corrected chi connectivity index (χ4v) is 1.48. The van der Waals surface area contributed by atoms with Gasteiger partial charge in [-0.05, 0) is 25.0 Å². The van der Waals surface area contributed by atoms with Gasteiger partial charge in [-0.1, -0.05) is 19.9 Å². The number of rotatable bonds is 5. The van der Waals surface area contributed by atoms with E-state index in [0.29, 0.717) is 5.69 Å². The number of nitrogens with two attached hydrogens (primary N) is 1. The Kier molecular flexibility index (Phi) is 4.17. The van der Waals surface area contributed by atoms with Gasteiger partial charge in [0, 0.05) is 0 Å². The van der Waals surface area contributed by atoms with Crippen molar-refractivity contribution in [2.45, 2.75) is 32.8 Å². The first-order chi connectivity index (χ1) is 7.60. The minimum Gasteiger partial charge on any atom is -0.487 e. The van der Waals surface area contributed by atoms with E-state index in [2.05, 4.69) is 0 Å². The number of hydrogen-bond acceptors (Lipinski definition) is 3. The van der Waals surface area contributed by atoms with Gasteiger partial charge in [-0.2, -0.15) is 0 Å². The Hall–Kier alpha value is -1.71. The highest BCUT2D eigenvalue weighted by atomic mass is 16.5. The molecule has 3 N–H and O–H groups in total. The largest absolute Gasteiger partial charge is 0.487 e. The molecule has 0 amide bonds. The van der Waals surface area contributed by atoms with E-state index in [4.69, 9.17) is 15.6 Å². The number of carbonyl (C=O) groups is 1. The number of aromatic carboxylic acids is 1. The van der Waals surface area contributed by atoms with Crippen LogP contribution in [0.2, 0.25) is 0 Å². The van der Waals surface area contributed by atoms with Crippen LogP contribution >= 0.6 is 0 Å². The Labute approximate surface area is 95.0 Å². The van der Waals surface area contributed by atoms with Gasteiger partial charge in [-0.3, -0.25) is 0 Å². The van der Waals surface area contributed by atoms with Crippen LogP contribution in [0, 0.1) is 0 Å². The van der Waals surface area contributed by atoms with E-state index in [1.54, 1.807) is 12.1 Å². The van der Waals surface area contributed by atoms with Crippen LogP contribution in [0.15, 0.2) is 18.2 Å². The second-order valence-corrected chi connectivity index (χ2v) is 3.59.